The largest absolute Gasteiger partial charge is 0.558 e. The number of rotatable bonds is 0. The molecule has 0 bridgehead atoms. The van der Waals surface area contributed by atoms with Crippen molar-refractivity contribution in [3.8, 4) is 0 Å². The monoisotopic (exact) mass is 242 g/mol. The second-order valence-corrected chi connectivity index (χ2v) is 3.39. The molecule has 0 N–H and O–H groups in total. The summed E-state index contributed by atoms with van der Waals surface area (Å²) < 4.78 is 39.3. The summed E-state index contributed by atoms with van der Waals surface area (Å²) in [6.45, 7) is 0.0169. The molecule has 92 valence electrons. The molecule has 0 aromatic rings. The van der Waals surface area contributed by atoms with Crippen LogP contribution in [0.15, 0.2) is 0 Å². The summed E-state index contributed by atoms with van der Waals surface area (Å²) in [6, 6.07) is 0. The van der Waals surface area contributed by atoms with Crippen LogP contribution in [0.5, 0.6) is 0 Å². The minimum atomic E-state index is -5.11. The number of nitrogens with zero attached hydrogens (tertiary/aromatic N) is 1. The molecule has 16 heavy (non-hydrogen) atoms. The number of halogens is 3. The predicted molar refractivity (Wildman–Crippen MR) is 43.8 cm³/mol. The molecular weight excluding hydrogens is 231 g/mol. The molecule has 0 aromatic carbocycles. The number of alkyl halides is 3. The van der Waals surface area contributed by atoms with Crippen molar-refractivity contribution in [1.29, 1.82) is 0 Å². The number of ether oxygens (including phenoxy) is 1. The van der Waals surface area contributed by atoms with E-state index in [0.717, 1.165) is 7.11 Å². The second-order valence-electron chi connectivity index (χ2n) is 3.39. The SMILES string of the molecule is COC(=O)[N+]1(OC(=O)C(F)(F)F)CCCC1. The molecule has 0 aromatic heterocycles. The fourth-order valence-electron chi connectivity index (χ4n) is 1.53. The number of hydrogen-bond acceptors (Lipinski definition) is 4. The third-order valence-corrected chi connectivity index (χ3v) is 2.29. The molecule has 0 unspecified atom stereocenters. The van der Waals surface area contributed by atoms with Gasteiger partial charge in [0.1, 0.15) is 13.1 Å². The maximum Gasteiger partial charge on any atom is 0.558 e. The Morgan fingerprint density at radius 3 is 2.06 bits per heavy atom. The van der Waals surface area contributed by atoms with Crippen molar-refractivity contribution in [2.24, 2.45) is 0 Å². The summed E-state index contributed by atoms with van der Waals surface area (Å²) in [6.07, 6.45) is -5.10. The summed E-state index contributed by atoms with van der Waals surface area (Å²) in [5, 5.41) is 0. The molecule has 0 radical (unpaired) electrons. The first kappa shape index (κ1) is 12.8. The summed E-state index contributed by atoms with van der Waals surface area (Å²) in [5.74, 6) is -2.38. The number of carbonyl (C=O) groups excluding carboxylic acids is 2. The number of hydroxylamine groups is 3. The van der Waals surface area contributed by atoms with Crippen LogP contribution >= 0.6 is 0 Å². The van der Waals surface area contributed by atoms with Gasteiger partial charge >= 0.3 is 18.2 Å². The zero-order valence-electron chi connectivity index (χ0n) is 8.54. The van der Waals surface area contributed by atoms with Crippen LogP contribution in [0.1, 0.15) is 12.8 Å². The average molecular weight is 242 g/mol. The van der Waals surface area contributed by atoms with Crippen LogP contribution in [0.2, 0.25) is 0 Å². The van der Waals surface area contributed by atoms with E-state index < -0.39 is 22.9 Å². The van der Waals surface area contributed by atoms with Gasteiger partial charge in [-0.1, -0.05) is 0 Å². The lowest BCUT2D eigenvalue weighted by Gasteiger charge is -2.25. The topological polar surface area (TPSA) is 52.6 Å². The van der Waals surface area contributed by atoms with E-state index in [9.17, 15) is 22.8 Å². The third kappa shape index (κ3) is 2.43. The first-order valence-electron chi connectivity index (χ1n) is 4.58. The molecule has 1 rings (SSSR count). The number of likely N-dealkylation sites (tertiary alicyclic amines) is 1. The fraction of sp³-hybridized carbons (Fsp3) is 0.750. The van der Waals surface area contributed by atoms with Gasteiger partial charge in [0.2, 0.25) is 0 Å². The Kier molecular flexibility index (Phi) is 3.41. The van der Waals surface area contributed by atoms with Gasteiger partial charge in [-0.3, -0.25) is 4.84 Å². The molecule has 1 saturated heterocycles. The summed E-state index contributed by atoms with van der Waals surface area (Å²) >= 11 is 0. The smallest absolute Gasteiger partial charge is 0.421 e. The highest BCUT2D eigenvalue weighted by Gasteiger charge is 2.53. The first-order chi connectivity index (χ1) is 7.32. The molecule has 1 aliphatic rings. The molecule has 5 nitrogen and oxygen atoms in total. The average Bonchev–Trinajstić information content (AvgIpc) is 2.65. The molecule has 0 saturated carbocycles. The number of hydrogen-bond donors (Lipinski definition) is 0. The Morgan fingerprint density at radius 1 is 1.19 bits per heavy atom. The van der Waals surface area contributed by atoms with Gasteiger partial charge in [-0.2, -0.15) is 18.0 Å². The lowest BCUT2D eigenvalue weighted by atomic mass is 10.4. The van der Waals surface area contributed by atoms with Crippen molar-refractivity contribution < 1.29 is 37.0 Å². The quantitative estimate of drug-likeness (QED) is 0.602. The molecule has 0 atom stereocenters. The van der Waals surface area contributed by atoms with Crippen LogP contribution < -0.4 is 0 Å². The summed E-state index contributed by atoms with van der Waals surface area (Å²) in [5.41, 5.74) is 0. The minimum absolute atomic E-state index is 0.00843. The van der Waals surface area contributed by atoms with Crippen LogP contribution in [0.4, 0.5) is 18.0 Å². The maximum atomic E-state index is 12.0. The van der Waals surface area contributed by atoms with Crippen molar-refractivity contribution in [1.82, 2.24) is 0 Å². The van der Waals surface area contributed by atoms with Crippen LogP contribution in [0.3, 0.4) is 0 Å². The number of amides is 1. The Labute approximate surface area is 89.3 Å². The van der Waals surface area contributed by atoms with Crippen LogP contribution in [-0.4, -0.2) is 43.1 Å². The van der Waals surface area contributed by atoms with Crippen molar-refractivity contribution in [2.75, 3.05) is 20.2 Å². The van der Waals surface area contributed by atoms with E-state index in [-0.39, 0.29) is 13.1 Å². The van der Waals surface area contributed by atoms with Crippen molar-refractivity contribution in [2.45, 2.75) is 19.0 Å². The van der Waals surface area contributed by atoms with Gasteiger partial charge in [0.15, 0.2) is 0 Å². The summed E-state index contributed by atoms with van der Waals surface area (Å²) in [7, 11) is 1.03. The lowest BCUT2D eigenvalue weighted by Crippen LogP contribution is -2.53. The van der Waals surface area contributed by atoms with Gasteiger partial charge in [-0.05, 0) is 4.65 Å². The molecule has 0 aliphatic carbocycles. The van der Waals surface area contributed by atoms with Crippen LogP contribution in [-0.2, 0) is 14.4 Å². The van der Waals surface area contributed by atoms with Crippen molar-refractivity contribution >= 4 is 12.1 Å². The Morgan fingerprint density at radius 2 is 1.69 bits per heavy atom. The van der Waals surface area contributed by atoms with E-state index in [1.807, 2.05) is 0 Å². The summed E-state index contributed by atoms with van der Waals surface area (Å²) in [4.78, 5) is 26.2. The predicted octanol–water partition coefficient (Wildman–Crippen LogP) is 1.38. The Balaban J connectivity index is 2.81. The molecule has 1 heterocycles. The third-order valence-electron chi connectivity index (χ3n) is 2.29. The normalized spacial score (nSPS) is 19.2. The molecule has 0 spiro atoms. The highest BCUT2D eigenvalue weighted by Crippen LogP contribution is 2.26. The first-order valence-corrected chi connectivity index (χ1v) is 4.58. The Bertz CT molecular complexity index is 296. The van der Waals surface area contributed by atoms with Gasteiger partial charge < -0.3 is 4.74 Å². The standard InChI is InChI=1S/C8H11F3NO4/c1-15-7(14)12(4-2-3-5-12)16-6(13)8(9,10)11/h2-5H2,1H3/q+1. The molecule has 8 heteroatoms. The van der Waals surface area contributed by atoms with Crippen LogP contribution in [0.25, 0.3) is 0 Å². The molecular formula is C8H11F3NO4+. The van der Waals surface area contributed by atoms with Gasteiger partial charge in [-0.15, -0.1) is 0 Å². The van der Waals surface area contributed by atoms with E-state index in [1.54, 1.807) is 0 Å². The fourth-order valence-corrected chi connectivity index (χ4v) is 1.53. The lowest BCUT2D eigenvalue weighted by molar-refractivity contribution is -1.02. The van der Waals surface area contributed by atoms with Crippen molar-refractivity contribution in [3.63, 3.8) is 0 Å². The van der Waals surface area contributed by atoms with Gasteiger partial charge in [0.05, 0.1) is 7.11 Å². The van der Waals surface area contributed by atoms with Crippen molar-refractivity contribution in [3.05, 3.63) is 0 Å². The zero-order chi connectivity index (χ0) is 12.4. The zero-order valence-corrected chi connectivity index (χ0v) is 8.54. The second kappa shape index (κ2) is 4.28. The van der Waals surface area contributed by atoms with Gasteiger partial charge in [0.25, 0.3) is 0 Å². The van der Waals surface area contributed by atoms with Gasteiger partial charge in [0, 0.05) is 12.8 Å². The number of carbonyl (C=O) groups is 2. The number of methoxy groups -OCH3 is 1. The molecule has 1 amide bonds. The highest BCUT2D eigenvalue weighted by atomic mass is 19.4. The van der Waals surface area contributed by atoms with Gasteiger partial charge in [-0.25, -0.2) is 4.79 Å². The Hall–Kier alpha value is -1.31. The maximum absolute atomic E-state index is 12.0. The highest BCUT2D eigenvalue weighted by molar-refractivity contribution is 5.75. The van der Waals surface area contributed by atoms with E-state index >= 15 is 0 Å². The van der Waals surface area contributed by atoms with E-state index in [1.165, 1.54) is 0 Å². The van der Waals surface area contributed by atoms with E-state index in [4.69, 9.17) is 0 Å². The van der Waals surface area contributed by atoms with E-state index in [0.29, 0.717) is 12.8 Å². The van der Waals surface area contributed by atoms with Crippen LogP contribution in [0, 0.1) is 0 Å². The molecule has 1 fully saturated rings. The number of quaternary nitrogens is 1. The molecule has 1 aliphatic heterocycles. The minimum Gasteiger partial charge on any atom is -0.421 e. The van der Waals surface area contributed by atoms with E-state index in [2.05, 4.69) is 9.57 Å².